The fourth-order valence-corrected chi connectivity index (χ4v) is 3.69. The quantitative estimate of drug-likeness (QED) is 0.389. The number of hydrogen-bond donors (Lipinski definition) is 1. The molecule has 33 heavy (non-hydrogen) atoms. The number of nitrogen functional groups attached to an aromatic ring is 1. The second kappa shape index (κ2) is 9.09. The van der Waals surface area contributed by atoms with Crippen molar-refractivity contribution in [2.75, 3.05) is 25.9 Å². The predicted octanol–water partition coefficient (Wildman–Crippen LogP) is 3.56. The SMILES string of the molecule is CN(CCOc1ccc(-n2c(-c3nonc3N)nc3cnccc32)cc1)Cc1ccccc1. The molecule has 5 aromatic rings. The van der Waals surface area contributed by atoms with Gasteiger partial charge in [0.2, 0.25) is 0 Å². The molecule has 0 bridgehead atoms. The number of nitrogens with two attached hydrogens (primary N) is 1. The van der Waals surface area contributed by atoms with Crippen molar-refractivity contribution in [3.63, 3.8) is 0 Å². The van der Waals surface area contributed by atoms with E-state index < -0.39 is 0 Å². The lowest BCUT2D eigenvalue weighted by molar-refractivity contribution is 0.233. The van der Waals surface area contributed by atoms with E-state index in [1.165, 1.54) is 5.56 Å². The maximum atomic E-state index is 5.96. The number of hydrogen-bond acceptors (Lipinski definition) is 8. The van der Waals surface area contributed by atoms with Crippen molar-refractivity contribution in [2.24, 2.45) is 0 Å². The first kappa shape index (κ1) is 20.7. The molecule has 0 atom stereocenters. The Morgan fingerprint density at radius 2 is 1.85 bits per heavy atom. The molecular weight excluding hydrogens is 418 g/mol. The Kier molecular flexibility index (Phi) is 5.69. The van der Waals surface area contributed by atoms with Crippen LogP contribution in [0.15, 0.2) is 77.7 Å². The number of imidazole rings is 1. The van der Waals surface area contributed by atoms with Gasteiger partial charge in [-0.2, -0.15) is 0 Å². The highest BCUT2D eigenvalue weighted by Gasteiger charge is 2.20. The summed E-state index contributed by atoms with van der Waals surface area (Å²) in [6.07, 6.45) is 3.42. The maximum Gasteiger partial charge on any atom is 0.199 e. The zero-order valence-electron chi connectivity index (χ0n) is 18.1. The van der Waals surface area contributed by atoms with Gasteiger partial charge in [0.25, 0.3) is 0 Å². The standard InChI is InChI=1S/C24H23N7O2/c1-30(16-17-5-3-2-4-6-17)13-14-32-19-9-7-18(8-10-19)31-21-11-12-26-15-20(21)27-24(31)22-23(25)29-33-28-22/h2-12,15H,13-14,16H2,1H3,(H2,25,29). The molecule has 2 aromatic carbocycles. The zero-order chi connectivity index (χ0) is 22.6. The minimum atomic E-state index is 0.180. The van der Waals surface area contributed by atoms with E-state index in [2.05, 4.69) is 56.5 Å². The Morgan fingerprint density at radius 3 is 2.61 bits per heavy atom. The third-order valence-corrected chi connectivity index (χ3v) is 5.31. The van der Waals surface area contributed by atoms with Gasteiger partial charge in [0, 0.05) is 25.0 Å². The van der Waals surface area contributed by atoms with Gasteiger partial charge in [-0.15, -0.1) is 0 Å². The average molecular weight is 441 g/mol. The molecule has 9 heteroatoms. The molecule has 0 aliphatic heterocycles. The molecule has 0 spiro atoms. The molecule has 0 saturated carbocycles. The van der Waals surface area contributed by atoms with Crippen molar-refractivity contribution >= 4 is 16.9 Å². The van der Waals surface area contributed by atoms with Gasteiger partial charge in [-0.1, -0.05) is 30.3 Å². The Bertz CT molecular complexity index is 1350. The highest BCUT2D eigenvalue weighted by atomic mass is 16.6. The summed E-state index contributed by atoms with van der Waals surface area (Å²) in [4.78, 5) is 11.0. The molecule has 0 aliphatic rings. The Hall–Kier alpha value is -4.24. The minimum absolute atomic E-state index is 0.180. The van der Waals surface area contributed by atoms with Crippen LogP contribution >= 0.6 is 0 Å². The van der Waals surface area contributed by atoms with Crippen LogP contribution in [0.3, 0.4) is 0 Å². The van der Waals surface area contributed by atoms with Gasteiger partial charge in [0.1, 0.15) is 17.9 Å². The fraction of sp³-hybridized carbons (Fsp3) is 0.167. The van der Waals surface area contributed by atoms with Gasteiger partial charge in [-0.05, 0) is 53.3 Å². The highest BCUT2D eigenvalue weighted by Crippen LogP contribution is 2.30. The molecule has 0 amide bonds. The van der Waals surface area contributed by atoms with E-state index in [0.717, 1.165) is 35.6 Å². The third-order valence-electron chi connectivity index (χ3n) is 5.31. The van der Waals surface area contributed by atoms with Crippen LogP contribution in [0.5, 0.6) is 5.75 Å². The number of nitrogens with zero attached hydrogens (tertiary/aromatic N) is 6. The molecule has 166 valence electrons. The Morgan fingerprint density at radius 1 is 1.03 bits per heavy atom. The van der Waals surface area contributed by atoms with Gasteiger partial charge in [0.15, 0.2) is 17.3 Å². The predicted molar refractivity (Wildman–Crippen MR) is 125 cm³/mol. The second-order valence-electron chi connectivity index (χ2n) is 7.70. The molecule has 0 saturated heterocycles. The first-order chi connectivity index (χ1) is 16.2. The summed E-state index contributed by atoms with van der Waals surface area (Å²) in [5, 5.41) is 7.61. The number of aromatic nitrogens is 5. The van der Waals surface area contributed by atoms with Crippen molar-refractivity contribution in [3.05, 3.63) is 78.6 Å². The molecule has 9 nitrogen and oxygen atoms in total. The molecule has 2 N–H and O–H groups in total. The van der Waals surface area contributed by atoms with Crippen LogP contribution in [0.25, 0.3) is 28.2 Å². The average Bonchev–Trinajstić information content (AvgIpc) is 3.43. The lowest BCUT2D eigenvalue weighted by Gasteiger charge is -2.17. The maximum absolute atomic E-state index is 5.96. The van der Waals surface area contributed by atoms with Crippen LogP contribution in [-0.4, -0.2) is 49.9 Å². The molecule has 0 unspecified atom stereocenters. The lowest BCUT2D eigenvalue weighted by Crippen LogP contribution is -2.23. The van der Waals surface area contributed by atoms with Gasteiger partial charge in [0.05, 0.1) is 11.7 Å². The topological polar surface area (TPSA) is 108 Å². The van der Waals surface area contributed by atoms with Gasteiger partial charge < -0.3 is 10.5 Å². The number of benzene rings is 2. The van der Waals surface area contributed by atoms with E-state index in [1.807, 2.05) is 41.0 Å². The Labute approximate surface area is 190 Å². The zero-order valence-corrected chi connectivity index (χ0v) is 18.1. The summed E-state index contributed by atoms with van der Waals surface area (Å²) in [6, 6.07) is 20.1. The third kappa shape index (κ3) is 4.39. The molecule has 3 heterocycles. The summed E-state index contributed by atoms with van der Waals surface area (Å²) < 4.78 is 12.7. The normalized spacial score (nSPS) is 11.3. The minimum Gasteiger partial charge on any atom is -0.492 e. The number of likely N-dealkylation sites (N-methyl/N-ethyl adjacent to an activating group) is 1. The number of fused-ring (bicyclic) bond motifs is 1. The van der Waals surface area contributed by atoms with Gasteiger partial charge >= 0.3 is 0 Å². The van der Waals surface area contributed by atoms with Gasteiger partial charge in [-0.25, -0.2) is 9.61 Å². The van der Waals surface area contributed by atoms with E-state index in [1.54, 1.807) is 12.4 Å². The van der Waals surface area contributed by atoms with Crippen molar-refractivity contribution in [3.8, 4) is 23.0 Å². The van der Waals surface area contributed by atoms with Gasteiger partial charge in [-0.3, -0.25) is 14.5 Å². The fourth-order valence-electron chi connectivity index (χ4n) is 3.69. The second-order valence-corrected chi connectivity index (χ2v) is 7.70. The number of rotatable bonds is 8. The molecule has 0 fully saturated rings. The van der Waals surface area contributed by atoms with Crippen LogP contribution in [0, 0.1) is 0 Å². The smallest absolute Gasteiger partial charge is 0.199 e. The first-order valence-corrected chi connectivity index (χ1v) is 10.6. The van der Waals surface area contributed by atoms with Crippen molar-refractivity contribution in [1.29, 1.82) is 0 Å². The van der Waals surface area contributed by atoms with E-state index in [0.29, 0.717) is 18.1 Å². The van der Waals surface area contributed by atoms with E-state index >= 15 is 0 Å². The Balaban J connectivity index is 1.31. The molecular formula is C24H23N7O2. The molecule has 5 rings (SSSR count). The lowest BCUT2D eigenvalue weighted by atomic mass is 10.2. The van der Waals surface area contributed by atoms with Crippen molar-refractivity contribution in [1.82, 2.24) is 29.7 Å². The van der Waals surface area contributed by atoms with Crippen LogP contribution in [0.4, 0.5) is 5.82 Å². The summed E-state index contributed by atoms with van der Waals surface area (Å²) in [5.41, 5.74) is 10.1. The van der Waals surface area contributed by atoms with E-state index in [9.17, 15) is 0 Å². The van der Waals surface area contributed by atoms with E-state index in [-0.39, 0.29) is 5.82 Å². The number of ether oxygens (including phenoxy) is 1. The summed E-state index contributed by atoms with van der Waals surface area (Å²) in [6.45, 7) is 2.29. The van der Waals surface area contributed by atoms with Crippen LogP contribution in [0.2, 0.25) is 0 Å². The van der Waals surface area contributed by atoms with Crippen LogP contribution in [-0.2, 0) is 6.54 Å². The molecule has 0 radical (unpaired) electrons. The summed E-state index contributed by atoms with van der Waals surface area (Å²) in [7, 11) is 2.09. The number of pyridine rings is 1. The van der Waals surface area contributed by atoms with Crippen LogP contribution in [0.1, 0.15) is 5.56 Å². The van der Waals surface area contributed by atoms with Crippen molar-refractivity contribution < 1.29 is 9.37 Å². The first-order valence-electron chi connectivity index (χ1n) is 10.6. The van der Waals surface area contributed by atoms with E-state index in [4.69, 9.17) is 15.1 Å². The highest BCUT2D eigenvalue weighted by molar-refractivity contribution is 5.83. The monoisotopic (exact) mass is 441 g/mol. The summed E-state index contributed by atoms with van der Waals surface area (Å²) >= 11 is 0. The molecule has 0 aliphatic carbocycles. The summed E-state index contributed by atoms with van der Waals surface area (Å²) in [5.74, 6) is 1.51. The largest absolute Gasteiger partial charge is 0.492 e. The molecule has 3 aromatic heterocycles. The van der Waals surface area contributed by atoms with Crippen LogP contribution < -0.4 is 10.5 Å². The number of anilines is 1. The van der Waals surface area contributed by atoms with Crippen molar-refractivity contribution in [2.45, 2.75) is 6.54 Å².